The number of aryl methyl sites for hydroxylation is 1. The molecule has 5 nitrogen and oxygen atoms in total. The zero-order chi connectivity index (χ0) is 10.7. The molecule has 2 rings (SSSR count). The topological polar surface area (TPSA) is 54.2 Å². The molecular formula is C10H15N5. The number of nitrogens with one attached hydrogen (secondary N) is 2. The molecule has 0 aromatic carbocycles. The summed E-state index contributed by atoms with van der Waals surface area (Å²) < 4.78 is 1.81. The molecule has 2 aromatic heterocycles. The van der Waals surface area contributed by atoms with E-state index in [-0.39, 0.29) is 0 Å². The molecule has 0 fully saturated rings. The van der Waals surface area contributed by atoms with Crippen LogP contribution in [0.3, 0.4) is 0 Å². The van der Waals surface area contributed by atoms with Crippen LogP contribution in [0.1, 0.15) is 5.56 Å². The van der Waals surface area contributed by atoms with Crippen molar-refractivity contribution in [2.45, 2.75) is 6.92 Å². The van der Waals surface area contributed by atoms with E-state index in [0.29, 0.717) is 0 Å². The molecule has 0 amide bonds. The molecule has 5 heteroatoms. The van der Waals surface area contributed by atoms with Crippen molar-refractivity contribution in [1.82, 2.24) is 19.9 Å². The number of fused-ring (bicyclic) bond motifs is 1. The number of nitrogens with zero attached hydrogens (tertiary/aromatic N) is 3. The Bertz CT molecular complexity index is 448. The molecule has 15 heavy (non-hydrogen) atoms. The van der Waals surface area contributed by atoms with Crippen LogP contribution in [0.2, 0.25) is 0 Å². The van der Waals surface area contributed by atoms with E-state index < -0.39 is 0 Å². The van der Waals surface area contributed by atoms with Gasteiger partial charge in [0, 0.05) is 13.1 Å². The van der Waals surface area contributed by atoms with Crippen molar-refractivity contribution < 1.29 is 0 Å². The number of aromatic nitrogens is 3. The maximum atomic E-state index is 4.16. The van der Waals surface area contributed by atoms with Gasteiger partial charge in [0.25, 0.3) is 0 Å². The molecule has 0 aliphatic rings. The van der Waals surface area contributed by atoms with Gasteiger partial charge in [0.2, 0.25) is 0 Å². The van der Waals surface area contributed by atoms with Gasteiger partial charge >= 0.3 is 0 Å². The molecule has 0 saturated heterocycles. The zero-order valence-corrected chi connectivity index (χ0v) is 8.99. The first-order valence-corrected chi connectivity index (χ1v) is 5.00. The third kappa shape index (κ3) is 2.07. The lowest BCUT2D eigenvalue weighted by molar-refractivity contribution is 0.814. The van der Waals surface area contributed by atoms with Gasteiger partial charge in [0.1, 0.15) is 12.1 Å². The Morgan fingerprint density at radius 1 is 1.33 bits per heavy atom. The van der Waals surface area contributed by atoms with Crippen molar-refractivity contribution >= 4 is 11.5 Å². The summed E-state index contributed by atoms with van der Waals surface area (Å²) in [6, 6.07) is 4.08. The van der Waals surface area contributed by atoms with Crippen LogP contribution in [-0.2, 0) is 0 Å². The average molecular weight is 205 g/mol. The largest absolute Gasteiger partial charge is 0.369 e. The van der Waals surface area contributed by atoms with Crippen molar-refractivity contribution in [2.75, 3.05) is 25.5 Å². The molecular weight excluding hydrogens is 190 g/mol. The first-order chi connectivity index (χ1) is 7.31. The Labute approximate surface area is 88.5 Å². The van der Waals surface area contributed by atoms with Crippen LogP contribution in [0.15, 0.2) is 18.5 Å². The van der Waals surface area contributed by atoms with Crippen molar-refractivity contribution in [3.63, 3.8) is 0 Å². The monoisotopic (exact) mass is 205 g/mol. The van der Waals surface area contributed by atoms with Gasteiger partial charge in [-0.25, -0.2) is 4.98 Å². The molecule has 2 N–H and O–H groups in total. The second-order valence-electron chi connectivity index (χ2n) is 3.48. The predicted molar refractivity (Wildman–Crippen MR) is 60.1 cm³/mol. The van der Waals surface area contributed by atoms with Crippen LogP contribution in [0.25, 0.3) is 5.65 Å². The van der Waals surface area contributed by atoms with E-state index in [1.165, 1.54) is 5.56 Å². The Kier molecular flexibility index (Phi) is 2.82. The van der Waals surface area contributed by atoms with Gasteiger partial charge in [0.05, 0.1) is 0 Å². The second-order valence-corrected chi connectivity index (χ2v) is 3.48. The number of hydrogen-bond acceptors (Lipinski definition) is 4. The van der Waals surface area contributed by atoms with Crippen molar-refractivity contribution in [3.05, 3.63) is 24.0 Å². The maximum absolute atomic E-state index is 4.16. The van der Waals surface area contributed by atoms with Crippen LogP contribution in [-0.4, -0.2) is 34.7 Å². The highest BCUT2D eigenvalue weighted by Crippen LogP contribution is 2.12. The number of likely N-dealkylation sites (N-methyl/N-ethyl adjacent to an activating group) is 1. The summed E-state index contributed by atoms with van der Waals surface area (Å²) in [5.74, 6) is 0.984. The molecule has 0 radical (unpaired) electrons. The van der Waals surface area contributed by atoms with Crippen LogP contribution < -0.4 is 10.6 Å². The Balaban J connectivity index is 2.27. The lowest BCUT2D eigenvalue weighted by Gasteiger charge is -2.08. The number of hydrogen-bond donors (Lipinski definition) is 2. The van der Waals surface area contributed by atoms with Crippen LogP contribution in [0.5, 0.6) is 0 Å². The molecule has 2 aromatic rings. The van der Waals surface area contributed by atoms with E-state index in [1.807, 2.05) is 17.6 Å². The van der Waals surface area contributed by atoms with E-state index >= 15 is 0 Å². The molecule has 0 aliphatic carbocycles. The first kappa shape index (κ1) is 9.92. The van der Waals surface area contributed by atoms with E-state index in [2.05, 4.69) is 33.7 Å². The average Bonchev–Trinajstić information content (AvgIpc) is 2.65. The van der Waals surface area contributed by atoms with Crippen molar-refractivity contribution in [1.29, 1.82) is 0 Å². The molecule has 0 unspecified atom stereocenters. The standard InChI is InChI=1S/C10H15N5/c1-8-5-9(12-4-3-11-2)15-10(6-8)13-7-14-15/h5-7,11-12H,3-4H2,1-2H3. The lowest BCUT2D eigenvalue weighted by Crippen LogP contribution is -2.19. The molecule has 2 heterocycles. The molecule has 0 atom stereocenters. The van der Waals surface area contributed by atoms with E-state index in [4.69, 9.17) is 0 Å². The fourth-order valence-electron chi connectivity index (χ4n) is 1.50. The Morgan fingerprint density at radius 2 is 2.20 bits per heavy atom. The predicted octanol–water partition coefficient (Wildman–Crippen LogP) is 0.669. The van der Waals surface area contributed by atoms with Gasteiger partial charge in [-0.3, -0.25) is 0 Å². The van der Waals surface area contributed by atoms with E-state index in [0.717, 1.165) is 24.6 Å². The number of rotatable bonds is 4. The number of pyridine rings is 1. The fraction of sp³-hybridized carbons (Fsp3) is 0.400. The summed E-state index contributed by atoms with van der Waals surface area (Å²) in [5, 5.41) is 10.6. The van der Waals surface area contributed by atoms with Crippen molar-refractivity contribution in [3.8, 4) is 0 Å². The van der Waals surface area contributed by atoms with Gasteiger partial charge in [-0.05, 0) is 31.7 Å². The van der Waals surface area contributed by atoms with Crippen molar-refractivity contribution in [2.24, 2.45) is 0 Å². The Morgan fingerprint density at radius 3 is 3.00 bits per heavy atom. The van der Waals surface area contributed by atoms with Gasteiger partial charge in [-0.2, -0.15) is 9.61 Å². The maximum Gasteiger partial charge on any atom is 0.157 e. The summed E-state index contributed by atoms with van der Waals surface area (Å²) in [6.45, 7) is 3.84. The summed E-state index contributed by atoms with van der Waals surface area (Å²) in [6.07, 6.45) is 1.57. The third-order valence-corrected chi connectivity index (χ3v) is 2.20. The molecule has 80 valence electrons. The van der Waals surface area contributed by atoms with E-state index in [1.54, 1.807) is 6.33 Å². The van der Waals surface area contributed by atoms with Gasteiger partial charge in [0.15, 0.2) is 5.65 Å². The third-order valence-electron chi connectivity index (χ3n) is 2.20. The van der Waals surface area contributed by atoms with E-state index in [9.17, 15) is 0 Å². The minimum atomic E-state index is 0.870. The molecule has 0 spiro atoms. The zero-order valence-electron chi connectivity index (χ0n) is 8.99. The highest BCUT2D eigenvalue weighted by Gasteiger charge is 2.02. The Hall–Kier alpha value is -1.62. The van der Waals surface area contributed by atoms with Gasteiger partial charge < -0.3 is 10.6 Å². The smallest absolute Gasteiger partial charge is 0.157 e. The highest BCUT2D eigenvalue weighted by atomic mass is 15.3. The number of anilines is 1. The van der Waals surface area contributed by atoms with Crippen LogP contribution in [0, 0.1) is 6.92 Å². The lowest BCUT2D eigenvalue weighted by atomic mass is 10.3. The second kappa shape index (κ2) is 4.27. The quantitative estimate of drug-likeness (QED) is 0.720. The summed E-state index contributed by atoms with van der Waals surface area (Å²) in [5.41, 5.74) is 2.06. The highest BCUT2D eigenvalue weighted by molar-refractivity contribution is 5.51. The normalized spacial score (nSPS) is 10.8. The summed E-state index contributed by atoms with van der Waals surface area (Å²) in [7, 11) is 1.93. The SMILES string of the molecule is CNCCNc1cc(C)cc2ncnn12. The minimum absolute atomic E-state index is 0.870. The first-order valence-electron chi connectivity index (χ1n) is 5.00. The van der Waals surface area contributed by atoms with Gasteiger partial charge in [-0.1, -0.05) is 0 Å². The fourth-order valence-corrected chi connectivity index (χ4v) is 1.50. The molecule has 0 aliphatic heterocycles. The summed E-state index contributed by atoms with van der Waals surface area (Å²) >= 11 is 0. The molecule has 0 saturated carbocycles. The van der Waals surface area contributed by atoms with Crippen LogP contribution >= 0.6 is 0 Å². The van der Waals surface area contributed by atoms with Gasteiger partial charge in [-0.15, -0.1) is 0 Å². The molecule has 0 bridgehead atoms. The summed E-state index contributed by atoms with van der Waals surface area (Å²) in [4.78, 5) is 4.16. The minimum Gasteiger partial charge on any atom is -0.369 e. The van der Waals surface area contributed by atoms with Crippen LogP contribution in [0.4, 0.5) is 5.82 Å².